The summed E-state index contributed by atoms with van der Waals surface area (Å²) in [6.45, 7) is 5.00. The molecule has 4 aromatic rings. The molecule has 5 heteroatoms. The highest BCUT2D eigenvalue weighted by molar-refractivity contribution is 5.86. The van der Waals surface area contributed by atoms with Crippen molar-refractivity contribution in [3.05, 3.63) is 99.9 Å². The van der Waals surface area contributed by atoms with Gasteiger partial charge in [-0.15, -0.1) is 0 Å². The zero-order valence-corrected chi connectivity index (χ0v) is 24.5. The minimum Gasteiger partial charge on any atom is -0.394 e. The highest BCUT2D eigenvalue weighted by Gasteiger charge is 2.33. The number of aromatic nitrogens is 2. The Hall–Kier alpha value is -3.44. The number of benzene rings is 2. The van der Waals surface area contributed by atoms with Crippen molar-refractivity contribution in [2.75, 3.05) is 6.61 Å². The molecule has 0 radical (unpaired) electrons. The predicted molar refractivity (Wildman–Crippen MR) is 165 cm³/mol. The van der Waals surface area contributed by atoms with E-state index >= 15 is 0 Å². The van der Waals surface area contributed by atoms with Gasteiger partial charge in [0.05, 0.1) is 18.6 Å². The molecule has 2 aliphatic carbocycles. The minimum absolute atomic E-state index is 0.0180. The number of aryl methyl sites for hydroxylation is 3. The molecule has 2 aromatic carbocycles. The summed E-state index contributed by atoms with van der Waals surface area (Å²) in [6.07, 6.45) is 10.5. The van der Waals surface area contributed by atoms with Crippen LogP contribution in [0.15, 0.2) is 60.7 Å². The largest absolute Gasteiger partial charge is 0.394 e. The third-order valence-electron chi connectivity index (χ3n) is 9.43. The molecule has 2 atom stereocenters. The first kappa shape index (κ1) is 27.7. The van der Waals surface area contributed by atoms with Crippen molar-refractivity contribution in [2.45, 2.75) is 90.1 Å². The summed E-state index contributed by atoms with van der Waals surface area (Å²) in [7, 11) is 0. The van der Waals surface area contributed by atoms with Gasteiger partial charge in [-0.3, -0.25) is 4.79 Å². The van der Waals surface area contributed by atoms with E-state index in [1.807, 2.05) is 30.3 Å². The summed E-state index contributed by atoms with van der Waals surface area (Å²) in [6, 6.07) is 20.4. The van der Waals surface area contributed by atoms with E-state index in [0.29, 0.717) is 5.92 Å². The van der Waals surface area contributed by atoms with E-state index in [0.717, 1.165) is 54.7 Å². The second-order valence-corrected chi connectivity index (χ2v) is 12.3. The monoisotopic (exact) mass is 549 g/mol. The highest BCUT2D eigenvalue weighted by atomic mass is 16.3. The van der Waals surface area contributed by atoms with Gasteiger partial charge in [-0.25, -0.2) is 4.98 Å². The fourth-order valence-corrected chi connectivity index (χ4v) is 7.44. The SMILES string of the molecule is Cc1cc(C)c2c3c(n(Cc4ccc(C(C(=O)NC(CO)c5ccccc5)C5CCCC5)cc4)c2n1)CCCCC3. The molecule has 0 aliphatic heterocycles. The van der Waals surface area contributed by atoms with E-state index in [1.165, 1.54) is 59.9 Å². The Bertz CT molecular complexity index is 1500. The number of carbonyl (C=O) groups is 1. The fraction of sp³-hybridized carbons (Fsp3) is 0.444. The second kappa shape index (κ2) is 12.2. The van der Waals surface area contributed by atoms with Crippen LogP contribution >= 0.6 is 0 Å². The average molecular weight is 550 g/mol. The molecule has 2 heterocycles. The normalized spacial score (nSPS) is 17.2. The molecule has 2 N–H and O–H groups in total. The van der Waals surface area contributed by atoms with Gasteiger partial charge in [0.25, 0.3) is 0 Å². The average Bonchev–Trinajstić information content (AvgIpc) is 3.52. The number of nitrogens with one attached hydrogen (secondary N) is 1. The number of carbonyl (C=O) groups excluding carboxylic acids is 1. The number of hydrogen-bond acceptors (Lipinski definition) is 3. The van der Waals surface area contributed by atoms with Gasteiger partial charge in [-0.2, -0.15) is 0 Å². The molecule has 41 heavy (non-hydrogen) atoms. The van der Waals surface area contributed by atoms with Gasteiger partial charge in [0.1, 0.15) is 5.65 Å². The van der Waals surface area contributed by atoms with Gasteiger partial charge in [-0.1, -0.05) is 73.9 Å². The smallest absolute Gasteiger partial charge is 0.228 e. The van der Waals surface area contributed by atoms with Gasteiger partial charge < -0.3 is 15.0 Å². The van der Waals surface area contributed by atoms with Crippen molar-refractivity contribution in [1.29, 1.82) is 0 Å². The van der Waals surface area contributed by atoms with Crippen LogP contribution in [0.2, 0.25) is 0 Å². The molecule has 214 valence electrons. The number of amides is 1. The van der Waals surface area contributed by atoms with E-state index in [4.69, 9.17) is 4.98 Å². The summed E-state index contributed by atoms with van der Waals surface area (Å²) < 4.78 is 2.47. The number of aliphatic hydroxyl groups excluding tert-OH is 1. The summed E-state index contributed by atoms with van der Waals surface area (Å²) in [5.74, 6) is 0.139. The summed E-state index contributed by atoms with van der Waals surface area (Å²) in [4.78, 5) is 18.8. The third kappa shape index (κ3) is 5.70. The molecule has 0 bridgehead atoms. The number of aliphatic hydroxyl groups is 1. The lowest BCUT2D eigenvalue weighted by atomic mass is 9.83. The van der Waals surface area contributed by atoms with Crippen LogP contribution in [0.3, 0.4) is 0 Å². The van der Waals surface area contributed by atoms with E-state index < -0.39 is 6.04 Å². The lowest BCUT2D eigenvalue weighted by Gasteiger charge is -2.26. The van der Waals surface area contributed by atoms with Crippen LogP contribution in [-0.4, -0.2) is 27.2 Å². The number of rotatable bonds is 8. The Kier molecular flexibility index (Phi) is 8.25. The molecule has 0 spiro atoms. The van der Waals surface area contributed by atoms with E-state index in [1.54, 1.807) is 0 Å². The molecule has 6 rings (SSSR count). The number of hydrogen-bond donors (Lipinski definition) is 2. The molecule has 1 fully saturated rings. The summed E-state index contributed by atoms with van der Waals surface area (Å²) in [5, 5.41) is 14.6. The molecule has 2 aromatic heterocycles. The van der Waals surface area contributed by atoms with Crippen LogP contribution in [0, 0.1) is 19.8 Å². The van der Waals surface area contributed by atoms with E-state index in [2.05, 4.69) is 54.1 Å². The first-order valence-corrected chi connectivity index (χ1v) is 15.6. The van der Waals surface area contributed by atoms with Crippen molar-refractivity contribution in [2.24, 2.45) is 5.92 Å². The Labute approximate surface area is 244 Å². The molecule has 2 aliphatic rings. The third-order valence-corrected chi connectivity index (χ3v) is 9.43. The maximum absolute atomic E-state index is 13.8. The first-order valence-electron chi connectivity index (χ1n) is 15.6. The lowest BCUT2D eigenvalue weighted by molar-refractivity contribution is -0.124. The van der Waals surface area contributed by atoms with Crippen LogP contribution < -0.4 is 5.32 Å². The van der Waals surface area contributed by atoms with Crippen molar-refractivity contribution < 1.29 is 9.90 Å². The maximum Gasteiger partial charge on any atom is 0.228 e. The summed E-state index contributed by atoms with van der Waals surface area (Å²) >= 11 is 0. The molecule has 1 amide bonds. The van der Waals surface area contributed by atoms with Gasteiger partial charge in [-0.05, 0) is 92.2 Å². The van der Waals surface area contributed by atoms with Gasteiger partial charge >= 0.3 is 0 Å². The van der Waals surface area contributed by atoms with Crippen molar-refractivity contribution in [3.63, 3.8) is 0 Å². The lowest BCUT2D eigenvalue weighted by Crippen LogP contribution is -2.37. The Morgan fingerprint density at radius 3 is 2.41 bits per heavy atom. The molecule has 2 unspecified atom stereocenters. The number of fused-ring (bicyclic) bond motifs is 3. The zero-order valence-electron chi connectivity index (χ0n) is 24.5. The predicted octanol–water partition coefficient (Wildman–Crippen LogP) is 7.09. The van der Waals surface area contributed by atoms with Crippen LogP contribution in [0.5, 0.6) is 0 Å². The van der Waals surface area contributed by atoms with Crippen molar-refractivity contribution in [1.82, 2.24) is 14.9 Å². The molecular formula is C36H43N3O2. The van der Waals surface area contributed by atoms with Gasteiger partial charge in [0, 0.05) is 23.3 Å². The first-order chi connectivity index (χ1) is 20.0. The number of nitrogens with zero attached hydrogens (tertiary/aromatic N) is 2. The van der Waals surface area contributed by atoms with Gasteiger partial charge in [0.2, 0.25) is 5.91 Å². The van der Waals surface area contributed by atoms with E-state index in [9.17, 15) is 9.90 Å². The van der Waals surface area contributed by atoms with Crippen LogP contribution in [0.4, 0.5) is 0 Å². The molecular weight excluding hydrogens is 506 g/mol. The Morgan fingerprint density at radius 1 is 0.951 bits per heavy atom. The minimum atomic E-state index is -0.399. The van der Waals surface area contributed by atoms with E-state index in [-0.39, 0.29) is 18.4 Å². The van der Waals surface area contributed by atoms with Gasteiger partial charge in [0.15, 0.2) is 0 Å². The zero-order chi connectivity index (χ0) is 28.3. The van der Waals surface area contributed by atoms with Crippen molar-refractivity contribution in [3.8, 4) is 0 Å². The Balaban J connectivity index is 1.29. The van der Waals surface area contributed by atoms with Crippen molar-refractivity contribution >= 4 is 16.9 Å². The Morgan fingerprint density at radius 2 is 1.68 bits per heavy atom. The highest BCUT2D eigenvalue weighted by Crippen LogP contribution is 2.39. The quantitative estimate of drug-likeness (QED) is 0.231. The maximum atomic E-state index is 13.8. The van der Waals surface area contributed by atoms with Crippen LogP contribution in [0.1, 0.15) is 96.1 Å². The molecule has 0 saturated heterocycles. The van der Waals surface area contributed by atoms with Crippen LogP contribution in [-0.2, 0) is 24.2 Å². The number of pyridine rings is 1. The topological polar surface area (TPSA) is 67.2 Å². The van der Waals surface area contributed by atoms with Crippen LogP contribution in [0.25, 0.3) is 11.0 Å². The summed E-state index contributed by atoms with van der Waals surface area (Å²) in [5.41, 5.74) is 9.74. The second-order valence-electron chi connectivity index (χ2n) is 12.3. The molecule has 5 nitrogen and oxygen atoms in total. The standard InChI is InChI=1S/C36H43N3O2/c1-24-21-25(2)37-35-33(24)30-15-7-4-8-16-32(30)39(35)22-26-17-19-29(20-18-26)34(28-13-9-10-14-28)36(41)38-31(23-40)27-11-5-3-6-12-27/h3,5-6,11-12,17-21,28,31,34,40H,4,7-10,13-16,22-23H2,1-2H3,(H,38,41). The fourth-order valence-electron chi connectivity index (χ4n) is 7.44. The molecule has 1 saturated carbocycles.